The van der Waals surface area contributed by atoms with Crippen LogP contribution in [-0.2, 0) is 0 Å². The van der Waals surface area contributed by atoms with Crippen LogP contribution in [0.2, 0.25) is 0 Å². The Morgan fingerprint density at radius 1 is 1.23 bits per heavy atom. The number of hydrogen-bond acceptors (Lipinski definition) is 2. The van der Waals surface area contributed by atoms with Crippen molar-refractivity contribution in [3.8, 4) is 0 Å². The Morgan fingerprint density at radius 2 is 1.77 bits per heavy atom. The predicted octanol–water partition coefficient (Wildman–Crippen LogP) is 0.809. The van der Waals surface area contributed by atoms with Gasteiger partial charge in [-0.25, -0.2) is 0 Å². The SMILES string of the molecule is CC(C)NC(=S)NC(C)CN(C)C. The molecule has 0 aromatic carbocycles. The van der Waals surface area contributed by atoms with Crippen molar-refractivity contribution in [1.29, 1.82) is 0 Å². The summed E-state index contributed by atoms with van der Waals surface area (Å²) in [5, 5.41) is 7.11. The number of rotatable bonds is 4. The van der Waals surface area contributed by atoms with Crippen molar-refractivity contribution in [3.63, 3.8) is 0 Å². The monoisotopic (exact) mass is 203 g/mol. The molecular weight excluding hydrogens is 182 g/mol. The lowest BCUT2D eigenvalue weighted by molar-refractivity contribution is 0.369. The molecule has 0 amide bonds. The molecule has 0 rings (SSSR count). The predicted molar refractivity (Wildman–Crippen MR) is 62.0 cm³/mol. The standard InChI is InChI=1S/C9H21N3S/c1-7(2)10-9(13)11-8(3)6-12(4)5/h7-8H,6H2,1-5H3,(H2,10,11,13). The molecule has 0 saturated carbocycles. The lowest BCUT2D eigenvalue weighted by Gasteiger charge is -2.21. The Balaban J connectivity index is 3.65. The highest BCUT2D eigenvalue weighted by atomic mass is 32.1. The Bertz CT molecular complexity index is 157. The largest absolute Gasteiger partial charge is 0.361 e. The number of likely N-dealkylation sites (N-methyl/N-ethyl adjacent to an activating group) is 1. The van der Waals surface area contributed by atoms with Gasteiger partial charge in [-0.1, -0.05) is 0 Å². The Kier molecular flexibility index (Phi) is 5.99. The van der Waals surface area contributed by atoms with E-state index in [4.69, 9.17) is 12.2 Å². The molecule has 0 bridgehead atoms. The average molecular weight is 203 g/mol. The fourth-order valence-electron chi connectivity index (χ4n) is 1.12. The summed E-state index contributed by atoms with van der Waals surface area (Å²) in [7, 11) is 4.11. The molecule has 0 radical (unpaired) electrons. The van der Waals surface area contributed by atoms with Gasteiger partial charge in [-0.3, -0.25) is 0 Å². The Hall–Kier alpha value is -0.350. The van der Waals surface area contributed by atoms with E-state index in [1.165, 1.54) is 0 Å². The smallest absolute Gasteiger partial charge is 0.166 e. The van der Waals surface area contributed by atoms with Gasteiger partial charge in [-0.2, -0.15) is 0 Å². The zero-order valence-corrected chi connectivity index (χ0v) is 10.0. The highest BCUT2D eigenvalue weighted by molar-refractivity contribution is 7.80. The molecule has 2 N–H and O–H groups in total. The summed E-state index contributed by atoms with van der Waals surface area (Å²) in [4.78, 5) is 2.13. The molecule has 0 aromatic rings. The minimum atomic E-state index is 0.383. The topological polar surface area (TPSA) is 27.3 Å². The van der Waals surface area contributed by atoms with E-state index < -0.39 is 0 Å². The normalized spacial score (nSPS) is 13.2. The molecule has 78 valence electrons. The molecule has 3 nitrogen and oxygen atoms in total. The van der Waals surface area contributed by atoms with Gasteiger partial charge in [-0.15, -0.1) is 0 Å². The highest BCUT2D eigenvalue weighted by Gasteiger charge is 2.05. The van der Waals surface area contributed by atoms with Gasteiger partial charge in [0.25, 0.3) is 0 Å². The molecule has 0 spiro atoms. The van der Waals surface area contributed by atoms with Gasteiger partial charge in [0.15, 0.2) is 5.11 Å². The van der Waals surface area contributed by atoms with E-state index >= 15 is 0 Å². The van der Waals surface area contributed by atoms with Crippen molar-refractivity contribution in [3.05, 3.63) is 0 Å². The van der Waals surface area contributed by atoms with Crippen LogP contribution in [0.25, 0.3) is 0 Å². The molecule has 0 fully saturated rings. The molecular formula is C9H21N3S. The van der Waals surface area contributed by atoms with Crippen LogP contribution in [0.1, 0.15) is 20.8 Å². The van der Waals surface area contributed by atoms with Gasteiger partial charge in [0.2, 0.25) is 0 Å². The van der Waals surface area contributed by atoms with Crippen LogP contribution in [-0.4, -0.2) is 42.7 Å². The summed E-state index contributed by atoms with van der Waals surface area (Å²) in [6, 6.07) is 0.778. The van der Waals surface area contributed by atoms with E-state index in [0.717, 1.165) is 11.7 Å². The van der Waals surface area contributed by atoms with Crippen LogP contribution in [0.4, 0.5) is 0 Å². The van der Waals surface area contributed by atoms with Crippen LogP contribution < -0.4 is 10.6 Å². The van der Waals surface area contributed by atoms with Gasteiger partial charge in [0.05, 0.1) is 0 Å². The highest BCUT2D eigenvalue weighted by Crippen LogP contribution is 1.86. The van der Waals surface area contributed by atoms with Gasteiger partial charge in [0.1, 0.15) is 0 Å². The van der Waals surface area contributed by atoms with Crippen molar-refractivity contribution in [2.45, 2.75) is 32.9 Å². The molecule has 0 saturated heterocycles. The Labute approximate surface area is 86.9 Å². The van der Waals surface area contributed by atoms with Crippen molar-refractivity contribution < 1.29 is 0 Å². The van der Waals surface area contributed by atoms with Gasteiger partial charge in [-0.05, 0) is 47.1 Å². The van der Waals surface area contributed by atoms with Crippen molar-refractivity contribution in [1.82, 2.24) is 15.5 Å². The summed E-state index contributed by atoms with van der Waals surface area (Å²) in [5.41, 5.74) is 0. The zero-order chi connectivity index (χ0) is 10.4. The van der Waals surface area contributed by atoms with Crippen LogP contribution in [0, 0.1) is 0 Å². The maximum atomic E-state index is 5.12. The van der Waals surface area contributed by atoms with Crippen LogP contribution in [0.5, 0.6) is 0 Å². The van der Waals surface area contributed by atoms with Crippen molar-refractivity contribution in [2.75, 3.05) is 20.6 Å². The molecule has 0 heterocycles. The molecule has 1 atom stereocenters. The molecule has 0 aliphatic rings. The first-order valence-corrected chi connectivity index (χ1v) is 5.04. The van der Waals surface area contributed by atoms with Gasteiger partial charge >= 0.3 is 0 Å². The van der Waals surface area contributed by atoms with E-state index in [2.05, 4.69) is 50.4 Å². The van der Waals surface area contributed by atoms with Crippen molar-refractivity contribution >= 4 is 17.3 Å². The molecule has 0 aliphatic heterocycles. The third-order valence-electron chi connectivity index (χ3n) is 1.44. The average Bonchev–Trinajstić information content (AvgIpc) is 1.80. The molecule has 13 heavy (non-hydrogen) atoms. The second-order valence-corrected chi connectivity index (χ2v) is 4.34. The number of hydrogen-bond donors (Lipinski definition) is 2. The second kappa shape index (κ2) is 6.16. The molecule has 1 unspecified atom stereocenters. The summed E-state index contributed by atoms with van der Waals surface area (Å²) in [6.45, 7) is 7.25. The summed E-state index contributed by atoms with van der Waals surface area (Å²) in [5.74, 6) is 0. The van der Waals surface area contributed by atoms with E-state index in [1.54, 1.807) is 0 Å². The van der Waals surface area contributed by atoms with E-state index in [1.807, 2.05) is 0 Å². The fraction of sp³-hybridized carbons (Fsp3) is 0.889. The zero-order valence-electron chi connectivity index (χ0n) is 9.22. The molecule has 0 aliphatic carbocycles. The number of nitrogens with one attached hydrogen (secondary N) is 2. The minimum absolute atomic E-state index is 0.383. The Morgan fingerprint density at radius 3 is 2.15 bits per heavy atom. The first-order chi connectivity index (χ1) is 5.91. The van der Waals surface area contributed by atoms with E-state index in [9.17, 15) is 0 Å². The maximum absolute atomic E-state index is 5.12. The summed E-state index contributed by atoms with van der Waals surface area (Å²) < 4.78 is 0. The number of nitrogens with zero attached hydrogens (tertiary/aromatic N) is 1. The second-order valence-electron chi connectivity index (χ2n) is 3.94. The summed E-state index contributed by atoms with van der Waals surface area (Å²) in [6.07, 6.45) is 0. The minimum Gasteiger partial charge on any atom is -0.361 e. The fourth-order valence-corrected chi connectivity index (χ4v) is 1.56. The third-order valence-corrected chi connectivity index (χ3v) is 1.67. The van der Waals surface area contributed by atoms with Gasteiger partial charge in [0, 0.05) is 18.6 Å². The van der Waals surface area contributed by atoms with Crippen LogP contribution >= 0.6 is 12.2 Å². The lowest BCUT2D eigenvalue weighted by Crippen LogP contribution is -2.46. The number of thiocarbonyl (C=S) groups is 1. The maximum Gasteiger partial charge on any atom is 0.166 e. The van der Waals surface area contributed by atoms with E-state index in [0.29, 0.717) is 12.1 Å². The first kappa shape index (κ1) is 12.7. The summed E-state index contributed by atoms with van der Waals surface area (Å²) >= 11 is 5.12. The van der Waals surface area contributed by atoms with E-state index in [-0.39, 0.29) is 0 Å². The van der Waals surface area contributed by atoms with Gasteiger partial charge < -0.3 is 15.5 Å². The quantitative estimate of drug-likeness (QED) is 0.661. The molecule has 4 heteroatoms. The van der Waals surface area contributed by atoms with Crippen LogP contribution in [0.15, 0.2) is 0 Å². The first-order valence-electron chi connectivity index (χ1n) is 4.63. The van der Waals surface area contributed by atoms with Crippen LogP contribution in [0.3, 0.4) is 0 Å². The lowest BCUT2D eigenvalue weighted by atomic mass is 10.3. The third kappa shape index (κ3) is 7.99. The molecule has 0 aromatic heterocycles. The van der Waals surface area contributed by atoms with Crippen molar-refractivity contribution in [2.24, 2.45) is 0 Å².